The highest BCUT2D eigenvalue weighted by Crippen LogP contribution is 2.28. The Kier molecular flexibility index (Phi) is 4.73. The van der Waals surface area contributed by atoms with Crippen LogP contribution in [0.4, 0.5) is 8.78 Å². The van der Waals surface area contributed by atoms with Gasteiger partial charge in [-0.05, 0) is 43.1 Å². The summed E-state index contributed by atoms with van der Waals surface area (Å²) in [5, 5.41) is 3.81. The fourth-order valence-electron chi connectivity index (χ4n) is 2.21. The van der Waals surface area contributed by atoms with Crippen molar-refractivity contribution in [2.45, 2.75) is 19.4 Å². The maximum absolute atomic E-state index is 13.7. The summed E-state index contributed by atoms with van der Waals surface area (Å²) in [6, 6.07) is 9.28. The lowest BCUT2D eigenvalue weighted by Gasteiger charge is -2.19. The first-order valence-corrected chi connectivity index (χ1v) is 6.77. The molecule has 1 unspecified atom stereocenters. The number of hydrogen-bond acceptors (Lipinski definition) is 1. The molecule has 2 rings (SSSR count). The second-order valence-electron chi connectivity index (χ2n) is 4.76. The molecule has 0 bridgehead atoms. The molecule has 2 aromatic rings. The predicted octanol–water partition coefficient (Wildman–Crippen LogP) is 4.43. The van der Waals surface area contributed by atoms with E-state index in [4.69, 9.17) is 11.6 Å². The molecule has 0 aromatic heterocycles. The van der Waals surface area contributed by atoms with Crippen molar-refractivity contribution in [3.05, 3.63) is 69.7 Å². The smallest absolute Gasteiger partial charge is 0.129 e. The third kappa shape index (κ3) is 3.17. The molecule has 0 aliphatic heterocycles. The number of aryl methyl sites for hydroxylation is 1. The van der Waals surface area contributed by atoms with Gasteiger partial charge < -0.3 is 5.32 Å². The summed E-state index contributed by atoms with van der Waals surface area (Å²) in [4.78, 5) is 0. The molecule has 0 amide bonds. The van der Waals surface area contributed by atoms with Crippen LogP contribution in [0.2, 0.25) is 5.02 Å². The van der Waals surface area contributed by atoms with Gasteiger partial charge in [-0.15, -0.1) is 0 Å². The lowest BCUT2D eigenvalue weighted by atomic mass is 9.97. The van der Waals surface area contributed by atoms with Gasteiger partial charge in [-0.1, -0.05) is 35.9 Å². The quantitative estimate of drug-likeness (QED) is 0.880. The van der Waals surface area contributed by atoms with Crippen LogP contribution in [0.5, 0.6) is 0 Å². The molecule has 1 atom stereocenters. The molecule has 0 saturated carbocycles. The average molecular weight is 296 g/mol. The van der Waals surface area contributed by atoms with Crippen molar-refractivity contribution in [1.82, 2.24) is 5.32 Å². The molecule has 0 aliphatic carbocycles. The Morgan fingerprint density at radius 3 is 2.60 bits per heavy atom. The van der Waals surface area contributed by atoms with Crippen LogP contribution >= 0.6 is 11.6 Å². The van der Waals surface area contributed by atoms with E-state index in [1.807, 2.05) is 25.1 Å². The molecular formula is C16H16ClF2N. The van der Waals surface area contributed by atoms with Gasteiger partial charge >= 0.3 is 0 Å². The van der Waals surface area contributed by atoms with Crippen molar-refractivity contribution in [1.29, 1.82) is 0 Å². The SMILES string of the molecule is CNC(Cc1ccc(F)cc1F)c1cccc(C)c1Cl. The molecular weight excluding hydrogens is 280 g/mol. The van der Waals surface area contributed by atoms with Gasteiger partial charge in [0.2, 0.25) is 0 Å². The predicted molar refractivity (Wildman–Crippen MR) is 78.1 cm³/mol. The minimum atomic E-state index is -0.569. The number of benzene rings is 2. The van der Waals surface area contributed by atoms with Crippen molar-refractivity contribution in [2.75, 3.05) is 7.05 Å². The summed E-state index contributed by atoms with van der Waals surface area (Å²) in [7, 11) is 1.80. The van der Waals surface area contributed by atoms with Crippen molar-refractivity contribution in [3.63, 3.8) is 0 Å². The zero-order chi connectivity index (χ0) is 14.7. The minimum absolute atomic E-state index is 0.123. The molecule has 4 heteroatoms. The molecule has 0 heterocycles. The Hall–Kier alpha value is -1.45. The van der Waals surface area contributed by atoms with Gasteiger partial charge in [-0.3, -0.25) is 0 Å². The first-order valence-electron chi connectivity index (χ1n) is 6.39. The second kappa shape index (κ2) is 6.33. The van der Waals surface area contributed by atoms with Gasteiger partial charge in [-0.25, -0.2) is 8.78 Å². The van der Waals surface area contributed by atoms with E-state index in [0.29, 0.717) is 17.0 Å². The topological polar surface area (TPSA) is 12.0 Å². The Bertz CT molecular complexity index is 613. The Balaban J connectivity index is 2.31. The summed E-state index contributed by atoms with van der Waals surface area (Å²) < 4.78 is 26.7. The lowest BCUT2D eigenvalue weighted by molar-refractivity contribution is 0.540. The van der Waals surface area contributed by atoms with Crippen LogP contribution in [0.25, 0.3) is 0 Å². The number of rotatable bonds is 4. The van der Waals surface area contributed by atoms with E-state index in [1.54, 1.807) is 7.05 Å². The molecule has 1 N–H and O–H groups in total. The van der Waals surface area contributed by atoms with Crippen LogP contribution < -0.4 is 5.32 Å². The van der Waals surface area contributed by atoms with Crippen LogP contribution in [-0.2, 0) is 6.42 Å². The highest BCUT2D eigenvalue weighted by molar-refractivity contribution is 6.32. The summed E-state index contributed by atoms with van der Waals surface area (Å²) in [6.07, 6.45) is 0.409. The average Bonchev–Trinajstić information content (AvgIpc) is 2.42. The number of nitrogens with one attached hydrogen (secondary N) is 1. The standard InChI is InChI=1S/C16H16ClF2N/c1-10-4-3-5-13(16(10)17)15(20-2)8-11-6-7-12(18)9-14(11)19/h3-7,9,15,20H,8H2,1-2H3. The van der Waals surface area contributed by atoms with Crippen LogP contribution in [0, 0.1) is 18.6 Å². The van der Waals surface area contributed by atoms with E-state index in [-0.39, 0.29) is 6.04 Å². The van der Waals surface area contributed by atoms with E-state index >= 15 is 0 Å². The summed E-state index contributed by atoms with van der Waals surface area (Å²) in [5.41, 5.74) is 2.35. The summed E-state index contributed by atoms with van der Waals surface area (Å²) in [6.45, 7) is 1.93. The Morgan fingerprint density at radius 2 is 1.95 bits per heavy atom. The fraction of sp³-hybridized carbons (Fsp3) is 0.250. The minimum Gasteiger partial charge on any atom is -0.313 e. The number of halogens is 3. The van der Waals surface area contributed by atoms with E-state index in [1.165, 1.54) is 12.1 Å². The van der Waals surface area contributed by atoms with Crippen molar-refractivity contribution < 1.29 is 8.78 Å². The van der Waals surface area contributed by atoms with Gasteiger partial charge in [-0.2, -0.15) is 0 Å². The Morgan fingerprint density at radius 1 is 1.20 bits per heavy atom. The first kappa shape index (κ1) is 14.9. The molecule has 106 valence electrons. The fourth-order valence-corrected chi connectivity index (χ4v) is 2.47. The zero-order valence-corrected chi connectivity index (χ0v) is 12.1. The molecule has 2 aromatic carbocycles. The third-order valence-corrected chi connectivity index (χ3v) is 3.90. The van der Waals surface area contributed by atoms with Crippen LogP contribution in [0.3, 0.4) is 0 Å². The molecule has 0 fully saturated rings. The molecule has 0 spiro atoms. The Labute approximate surface area is 122 Å². The highest BCUT2D eigenvalue weighted by atomic mass is 35.5. The van der Waals surface area contributed by atoms with Gasteiger partial charge in [0, 0.05) is 17.1 Å². The number of likely N-dealkylation sites (N-methyl/N-ethyl adjacent to an activating group) is 1. The maximum atomic E-state index is 13.7. The van der Waals surface area contributed by atoms with Crippen LogP contribution in [0.1, 0.15) is 22.7 Å². The van der Waals surface area contributed by atoms with Gasteiger partial charge in [0.25, 0.3) is 0 Å². The summed E-state index contributed by atoms with van der Waals surface area (Å²) >= 11 is 6.30. The zero-order valence-electron chi connectivity index (χ0n) is 11.4. The van der Waals surface area contributed by atoms with Crippen LogP contribution in [0.15, 0.2) is 36.4 Å². The first-order chi connectivity index (χ1) is 9.52. The van der Waals surface area contributed by atoms with Gasteiger partial charge in [0.1, 0.15) is 11.6 Å². The molecule has 1 nitrogen and oxygen atoms in total. The largest absolute Gasteiger partial charge is 0.313 e. The maximum Gasteiger partial charge on any atom is 0.129 e. The highest BCUT2D eigenvalue weighted by Gasteiger charge is 2.16. The second-order valence-corrected chi connectivity index (χ2v) is 5.14. The normalized spacial score (nSPS) is 12.4. The van der Waals surface area contributed by atoms with Crippen LogP contribution in [-0.4, -0.2) is 7.05 Å². The van der Waals surface area contributed by atoms with Crippen molar-refractivity contribution in [2.24, 2.45) is 0 Å². The molecule has 20 heavy (non-hydrogen) atoms. The van der Waals surface area contributed by atoms with E-state index in [2.05, 4.69) is 5.32 Å². The lowest BCUT2D eigenvalue weighted by Crippen LogP contribution is -2.20. The monoisotopic (exact) mass is 295 g/mol. The van der Waals surface area contributed by atoms with Gasteiger partial charge in [0.05, 0.1) is 0 Å². The third-order valence-electron chi connectivity index (χ3n) is 3.38. The molecule has 0 aliphatic rings. The summed E-state index contributed by atoms with van der Waals surface area (Å²) in [5.74, 6) is -1.10. The van der Waals surface area contributed by atoms with E-state index < -0.39 is 11.6 Å². The van der Waals surface area contributed by atoms with Crippen molar-refractivity contribution in [3.8, 4) is 0 Å². The van der Waals surface area contributed by atoms with Crippen molar-refractivity contribution >= 4 is 11.6 Å². The molecule has 0 radical (unpaired) electrons. The number of hydrogen-bond donors (Lipinski definition) is 1. The molecule has 0 saturated heterocycles. The van der Waals surface area contributed by atoms with Gasteiger partial charge in [0.15, 0.2) is 0 Å². The van der Waals surface area contributed by atoms with E-state index in [9.17, 15) is 8.78 Å². The van der Waals surface area contributed by atoms with E-state index in [0.717, 1.165) is 17.2 Å².